The number of ether oxygens (including phenoxy) is 2. The maximum absolute atomic E-state index is 13.3. The predicted molar refractivity (Wildman–Crippen MR) is 114 cm³/mol. The maximum atomic E-state index is 13.3. The number of aromatic nitrogens is 2. The van der Waals surface area contributed by atoms with Crippen molar-refractivity contribution < 1.29 is 19.2 Å². The number of nitro benzene ring substituents is 1. The Hall–Kier alpha value is -3.59. The number of aromatic amines is 1. The molecule has 0 saturated carbocycles. The van der Waals surface area contributed by atoms with Crippen LogP contribution in [0, 0.1) is 10.1 Å². The van der Waals surface area contributed by atoms with Crippen LogP contribution in [0.2, 0.25) is 5.02 Å². The third-order valence-corrected chi connectivity index (χ3v) is 5.52. The average molecular weight is 443 g/mol. The number of carbonyl (C=O) groups is 1. The number of hydrogen-bond acceptors (Lipinski definition) is 6. The van der Waals surface area contributed by atoms with Gasteiger partial charge in [-0.3, -0.25) is 20.0 Å². The first kappa shape index (κ1) is 20.7. The second kappa shape index (κ2) is 8.27. The molecule has 0 aliphatic carbocycles. The molecule has 4 rings (SSSR count). The number of fused-ring (bicyclic) bond motifs is 1. The fourth-order valence-electron chi connectivity index (χ4n) is 3.68. The minimum absolute atomic E-state index is 0.0531. The molecule has 0 saturated heterocycles. The molecule has 0 atom stereocenters. The highest BCUT2D eigenvalue weighted by atomic mass is 35.5. The van der Waals surface area contributed by atoms with Gasteiger partial charge >= 0.3 is 0 Å². The molecule has 0 fully saturated rings. The third kappa shape index (κ3) is 3.79. The molecule has 1 aliphatic rings. The van der Waals surface area contributed by atoms with Crippen LogP contribution in [0.1, 0.15) is 21.6 Å². The second-order valence-corrected chi connectivity index (χ2v) is 7.43. The van der Waals surface area contributed by atoms with Crippen molar-refractivity contribution >= 4 is 23.2 Å². The molecule has 1 amide bonds. The summed E-state index contributed by atoms with van der Waals surface area (Å²) < 4.78 is 10.4. The highest BCUT2D eigenvalue weighted by Crippen LogP contribution is 2.36. The summed E-state index contributed by atoms with van der Waals surface area (Å²) in [6, 6.07) is 9.83. The molecule has 0 spiro atoms. The quantitative estimate of drug-likeness (QED) is 0.474. The molecule has 0 bridgehead atoms. The first-order valence-corrected chi connectivity index (χ1v) is 9.82. The van der Waals surface area contributed by atoms with Crippen LogP contribution in [0.25, 0.3) is 11.3 Å². The van der Waals surface area contributed by atoms with Gasteiger partial charge in [0.2, 0.25) is 0 Å². The van der Waals surface area contributed by atoms with Gasteiger partial charge in [-0.05, 0) is 12.1 Å². The van der Waals surface area contributed by atoms with Crippen molar-refractivity contribution in [3.05, 3.63) is 68.4 Å². The van der Waals surface area contributed by atoms with Crippen molar-refractivity contribution in [2.75, 3.05) is 20.8 Å². The minimum atomic E-state index is -0.596. The molecule has 1 N–H and O–H groups in total. The number of methoxy groups -OCH3 is 2. The van der Waals surface area contributed by atoms with Crippen molar-refractivity contribution in [3.63, 3.8) is 0 Å². The number of nitrogens with zero attached hydrogens (tertiary/aromatic N) is 3. The van der Waals surface area contributed by atoms with Crippen molar-refractivity contribution in [1.29, 1.82) is 0 Å². The average Bonchev–Trinajstić information content (AvgIpc) is 3.21. The first-order valence-electron chi connectivity index (χ1n) is 9.44. The van der Waals surface area contributed by atoms with Gasteiger partial charge in [0.05, 0.1) is 30.9 Å². The van der Waals surface area contributed by atoms with E-state index in [1.807, 2.05) is 12.1 Å². The fourth-order valence-corrected chi connectivity index (χ4v) is 3.80. The van der Waals surface area contributed by atoms with E-state index in [1.54, 1.807) is 17.0 Å². The van der Waals surface area contributed by atoms with Gasteiger partial charge in [-0.25, -0.2) is 0 Å². The van der Waals surface area contributed by atoms with E-state index in [2.05, 4.69) is 10.2 Å². The van der Waals surface area contributed by atoms with Crippen LogP contribution in [0.5, 0.6) is 11.5 Å². The largest absolute Gasteiger partial charge is 0.493 e. The van der Waals surface area contributed by atoms with Gasteiger partial charge in [-0.1, -0.05) is 23.7 Å². The standard InChI is InChI=1S/C21H19ClN4O5/c1-30-18-9-14(17(26(28)29)10-19(18)31-2)21(27)25-8-7-16-15(11-25)20(24-23-16)12-3-5-13(22)6-4-12/h3-6,9-10H,7-8,11H2,1-2H3,(H,23,24). The molecular formula is C21H19ClN4O5. The van der Waals surface area contributed by atoms with E-state index in [4.69, 9.17) is 21.1 Å². The van der Waals surface area contributed by atoms with E-state index in [9.17, 15) is 14.9 Å². The molecule has 1 aliphatic heterocycles. The van der Waals surface area contributed by atoms with Crippen molar-refractivity contribution in [1.82, 2.24) is 15.1 Å². The summed E-state index contributed by atoms with van der Waals surface area (Å²) >= 11 is 5.98. The fraction of sp³-hybridized carbons (Fsp3) is 0.238. The summed E-state index contributed by atoms with van der Waals surface area (Å²) in [5, 5.41) is 19.7. The third-order valence-electron chi connectivity index (χ3n) is 5.27. The smallest absolute Gasteiger partial charge is 0.286 e. The number of nitro groups is 1. The van der Waals surface area contributed by atoms with Gasteiger partial charge in [0.1, 0.15) is 5.56 Å². The molecule has 10 heteroatoms. The molecule has 1 aromatic heterocycles. The van der Waals surface area contributed by atoms with Crippen LogP contribution >= 0.6 is 11.6 Å². The number of rotatable bonds is 5. The van der Waals surface area contributed by atoms with Gasteiger partial charge in [-0.15, -0.1) is 0 Å². The topological polar surface area (TPSA) is 111 Å². The molecule has 0 radical (unpaired) electrons. The number of benzene rings is 2. The van der Waals surface area contributed by atoms with E-state index in [0.29, 0.717) is 18.0 Å². The van der Waals surface area contributed by atoms with E-state index in [0.717, 1.165) is 22.5 Å². The molecule has 3 aromatic rings. The Balaban J connectivity index is 1.69. The lowest BCUT2D eigenvalue weighted by molar-refractivity contribution is -0.385. The Kier molecular flexibility index (Phi) is 5.51. The highest BCUT2D eigenvalue weighted by Gasteiger charge is 2.31. The predicted octanol–water partition coefficient (Wildman–Crippen LogP) is 3.85. The van der Waals surface area contributed by atoms with Gasteiger partial charge in [0, 0.05) is 47.4 Å². The molecule has 0 unspecified atom stereocenters. The van der Waals surface area contributed by atoms with Gasteiger partial charge in [-0.2, -0.15) is 5.10 Å². The summed E-state index contributed by atoms with van der Waals surface area (Å²) in [7, 11) is 2.79. The normalized spacial score (nSPS) is 12.9. The molecule has 160 valence electrons. The lowest BCUT2D eigenvalue weighted by Gasteiger charge is -2.27. The SMILES string of the molecule is COc1cc(C(=O)N2CCc3[nH]nc(-c4ccc(Cl)cc4)c3C2)c([N+](=O)[O-])cc1OC. The molecule has 9 nitrogen and oxygen atoms in total. The lowest BCUT2D eigenvalue weighted by Crippen LogP contribution is -2.36. The molecule has 2 aromatic carbocycles. The minimum Gasteiger partial charge on any atom is -0.493 e. The molecular weight excluding hydrogens is 424 g/mol. The van der Waals surface area contributed by atoms with Gasteiger partial charge < -0.3 is 14.4 Å². The Morgan fingerprint density at radius 1 is 1.19 bits per heavy atom. The summed E-state index contributed by atoms with van der Waals surface area (Å²) in [5.41, 5.74) is 3.03. The zero-order valence-corrected chi connectivity index (χ0v) is 17.6. The number of H-pyrrole nitrogens is 1. The number of amides is 1. The Bertz CT molecular complexity index is 1160. The summed E-state index contributed by atoms with van der Waals surface area (Å²) in [4.78, 5) is 25.9. The van der Waals surface area contributed by atoms with Gasteiger partial charge in [0.15, 0.2) is 11.5 Å². The van der Waals surface area contributed by atoms with E-state index < -0.39 is 10.8 Å². The van der Waals surface area contributed by atoms with E-state index in [1.165, 1.54) is 26.4 Å². The Labute approximate surface area is 182 Å². The van der Waals surface area contributed by atoms with Crippen LogP contribution in [-0.2, 0) is 13.0 Å². The monoisotopic (exact) mass is 442 g/mol. The van der Waals surface area contributed by atoms with E-state index in [-0.39, 0.29) is 29.3 Å². The maximum Gasteiger partial charge on any atom is 0.286 e. The zero-order valence-electron chi connectivity index (χ0n) is 16.8. The second-order valence-electron chi connectivity index (χ2n) is 6.99. The number of nitrogens with one attached hydrogen (secondary N) is 1. The summed E-state index contributed by atoms with van der Waals surface area (Å²) in [5.74, 6) is -0.0209. The lowest BCUT2D eigenvalue weighted by atomic mass is 10.00. The summed E-state index contributed by atoms with van der Waals surface area (Å²) in [6.07, 6.45) is 0.558. The van der Waals surface area contributed by atoms with Crippen molar-refractivity contribution in [2.24, 2.45) is 0 Å². The highest BCUT2D eigenvalue weighted by molar-refractivity contribution is 6.30. The number of hydrogen-bond donors (Lipinski definition) is 1. The Morgan fingerprint density at radius 2 is 1.87 bits per heavy atom. The van der Waals surface area contributed by atoms with Crippen molar-refractivity contribution in [2.45, 2.75) is 13.0 Å². The first-order chi connectivity index (χ1) is 14.9. The Morgan fingerprint density at radius 3 is 2.52 bits per heavy atom. The van der Waals surface area contributed by atoms with Gasteiger partial charge in [0.25, 0.3) is 11.6 Å². The zero-order chi connectivity index (χ0) is 22.1. The van der Waals surface area contributed by atoms with Crippen LogP contribution < -0.4 is 9.47 Å². The number of halogens is 1. The molecule has 2 heterocycles. The summed E-state index contributed by atoms with van der Waals surface area (Å²) in [6.45, 7) is 0.674. The van der Waals surface area contributed by atoms with Crippen molar-refractivity contribution in [3.8, 4) is 22.8 Å². The van der Waals surface area contributed by atoms with Crippen LogP contribution in [-0.4, -0.2) is 46.7 Å². The van der Waals surface area contributed by atoms with E-state index >= 15 is 0 Å². The van der Waals surface area contributed by atoms with Crippen LogP contribution in [0.15, 0.2) is 36.4 Å². The number of carbonyl (C=O) groups excluding carboxylic acids is 1. The van der Waals surface area contributed by atoms with Crippen LogP contribution in [0.4, 0.5) is 5.69 Å². The molecule has 31 heavy (non-hydrogen) atoms. The van der Waals surface area contributed by atoms with Crippen LogP contribution in [0.3, 0.4) is 0 Å².